The normalized spacial score (nSPS) is 17.7. The van der Waals surface area contributed by atoms with Gasteiger partial charge in [0.25, 0.3) is 21.6 Å². The van der Waals surface area contributed by atoms with Gasteiger partial charge in [0, 0.05) is 86.9 Å². The van der Waals surface area contributed by atoms with Crippen molar-refractivity contribution in [1.82, 2.24) is 19.6 Å². The van der Waals surface area contributed by atoms with E-state index in [2.05, 4.69) is 55.8 Å². The van der Waals surface area contributed by atoms with Crippen molar-refractivity contribution in [3.05, 3.63) is 117 Å². The number of nitro benzene ring substituents is 1. The van der Waals surface area contributed by atoms with Crippen molar-refractivity contribution in [3.63, 3.8) is 0 Å². The number of anilines is 2. The van der Waals surface area contributed by atoms with Gasteiger partial charge in [-0.1, -0.05) is 43.2 Å². The minimum absolute atomic E-state index is 0.0362. The summed E-state index contributed by atoms with van der Waals surface area (Å²) in [4.78, 5) is 37.1. The number of nitrogens with zero attached hydrogens (tertiary/aromatic N) is 4. The molecule has 2 aliphatic heterocycles. The number of nitro groups is 1. The lowest BCUT2D eigenvalue weighted by atomic mass is 9.73. The van der Waals surface area contributed by atoms with Gasteiger partial charge in [-0.05, 0) is 103 Å². The van der Waals surface area contributed by atoms with Crippen LogP contribution in [0.25, 0.3) is 16.6 Å². The van der Waals surface area contributed by atoms with Gasteiger partial charge >= 0.3 is 0 Å². The standard InChI is InChI=1S/C45H50ClN7O7S/c1-45(2)15-11-38(31-3-5-34(46)6-4-31)33(26-45)29-51-17-19-52(20-18-51)35-7-9-39(42(24-35)60-36-23-32-12-16-47-43(32)49-28-36)44(54)50-61(57,58)37-8-10-40(41(25-37)53(55)56)48-27-30-13-21-59-22-14-30/h3-10,12,16,23-25,28,30,48H,11,13-15,17-22,26-27,29H2,1-2H3,(H,47,49)(H,50,54). The van der Waals surface area contributed by atoms with Crippen LogP contribution in [-0.4, -0.2) is 86.6 Å². The zero-order valence-corrected chi connectivity index (χ0v) is 35.9. The number of aromatic amines is 1. The van der Waals surface area contributed by atoms with Crippen LogP contribution in [0.2, 0.25) is 5.02 Å². The van der Waals surface area contributed by atoms with Crippen molar-refractivity contribution >= 4 is 61.2 Å². The van der Waals surface area contributed by atoms with Crippen LogP contribution in [0.3, 0.4) is 0 Å². The Balaban J connectivity index is 1.01. The Labute approximate surface area is 360 Å². The fourth-order valence-electron chi connectivity index (χ4n) is 8.50. The number of benzene rings is 3. The second kappa shape index (κ2) is 17.9. The number of pyridine rings is 1. The van der Waals surface area contributed by atoms with Crippen LogP contribution in [0.1, 0.15) is 61.9 Å². The first kappa shape index (κ1) is 42.2. The number of allylic oxidation sites excluding steroid dienone is 1. The highest BCUT2D eigenvalue weighted by atomic mass is 35.5. The molecule has 4 heterocycles. The molecule has 0 unspecified atom stereocenters. The molecule has 5 aromatic rings. The Morgan fingerprint density at radius 2 is 1.80 bits per heavy atom. The molecule has 3 aliphatic rings. The summed E-state index contributed by atoms with van der Waals surface area (Å²) in [6.07, 6.45) is 8.13. The third-order valence-corrected chi connectivity index (χ3v) is 13.5. The van der Waals surface area contributed by atoms with E-state index in [1.807, 2.05) is 18.2 Å². The van der Waals surface area contributed by atoms with E-state index in [9.17, 15) is 23.3 Å². The molecule has 8 rings (SSSR count). The molecule has 61 heavy (non-hydrogen) atoms. The van der Waals surface area contributed by atoms with Gasteiger partial charge in [0.05, 0.1) is 21.6 Å². The monoisotopic (exact) mass is 867 g/mol. The molecule has 0 saturated carbocycles. The number of rotatable bonds is 13. The van der Waals surface area contributed by atoms with E-state index < -0.39 is 31.4 Å². The number of halogens is 1. The van der Waals surface area contributed by atoms with Crippen LogP contribution in [0, 0.1) is 21.4 Å². The van der Waals surface area contributed by atoms with Crippen molar-refractivity contribution in [2.75, 3.05) is 62.7 Å². The predicted octanol–water partition coefficient (Wildman–Crippen LogP) is 8.66. The minimum atomic E-state index is -4.55. The van der Waals surface area contributed by atoms with Crippen LogP contribution in [0.5, 0.6) is 11.5 Å². The lowest BCUT2D eigenvalue weighted by Gasteiger charge is -2.39. The van der Waals surface area contributed by atoms with E-state index in [-0.39, 0.29) is 28.3 Å². The van der Waals surface area contributed by atoms with Crippen LogP contribution in [0.4, 0.5) is 17.1 Å². The second-order valence-corrected chi connectivity index (χ2v) is 19.0. The van der Waals surface area contributed by atoms with Crippen LogP contribution >= 0.6 is 11.6 Å². The number of nitrogens with one attached hydrogen (secondary N) is 3. The van der Waals surface area contributed by atoms with Crippen LogP contribution < -0.4 is 19.7 Å². The maximum absolute atomic E-state index is 13.9. The molecule has 2 aromatic heterocycles. The van der Waals surface area contributed by atoms with Gasteiger partial charge in [-0.25, -0.2) is 18.1 Å². The molecule has 0 radical (unpaired) electrons. The highest BCUT2D eigenvalue weighted by molar-refractivity contribution is 7.90. The van der Waals surface area contributed by atoms with E-state index in [0.717, 1.165) is 87.0 Å². The highest BCUT2D eigenvalue weighted by Gasteiger charge is 2.31. The minimum Gasteiger partial charge on any atom is -0.455 e. The van der Waals surface area contributed by atoms with Crippen LogP contribution in [0.15, 0.2) is 95.7 Å². The Kier molecular flexibility index (Phi) is 12.4. The Hall–Kier alpha value is -5.48. The molecule has 0 bridgehead atoms. The summed E-state index contributed by atoms with van der Waals surface area (Å²) in [6.45, 7) is 10.4. The van der Waals surface area contributed by atoms with E-state index in [1.54, 1.807) is 30.5 Å². The summed E-state index contributed by atoms with van der Waals surface area (Å²) in [5, 5.41) is 16.7. The summed E-state index contributed by atoms with van der Waals surface area (Å²) in [5.74, 6) is -0.196. The van der Waals surface area contributed by atoms with Crippen molar-refractivity contribution in [3.8, 4) is 11.5 Å². The van der Waals surface area contributed by atoms with Crippen molar-refractivity contribution in [2.24, 2.45) is 11.3 Å². The number of aromatic nitrogens is 2. The zero-order valence-electron chi connectivity index (χ0n) is 34.3. The number of carbonyl (C=O) groups is 1. The van der Waals surface area contributed by atoms with E-state index in [4.69, 9.17) is 21.1 Å². The molecule has 1 aliphatic carbocycles. The molecule has 3 N–H and O–H groups in total. The molecule has 3 aromatic carbocycles. The summed E-state index contributed by atoms with van der Waals surface area (Å²) in [5.41, 5.74) is 5.56. The molecule has 0 atom stereocenters. The van der Waals surface area contributed by atoms with Crippen molar-refractivity contribution < 1.29 is 27.6 Å². The number of amides is 1. The first-order chi connectivity index (χ1) is 29.3. The van der Waals surface area contributed by atoms with E-state index in [0.29, 0.717) is 31.2 Å². The van der Waals surface area contributed by atoms with Crippen molar-refractivity contribution in [2.45, 2.75) is 50.8 Å². The Morgan fingerprint density at radius 3 is 2.56 bits per heavy atom. The number of H-pyrrole nitrogens is 1. The average molecular weight is 868 g/mol. The van der Waals surface area contributed by atoms with Gasteiger partial charge in [-0.15, -0.1) is 0 Å². The number of piperazine rings is 1. The molecular formula is C45H50ClN7O7S. The fraction of sp³-hybridized carbons (Fsp3) is 0.378. The Bertz CT molecular complexity index is 2560. The molecule has 0 spiro atoms. The first-order valence-corrected chi connectivity index (χ1v) is 22.5. The summed E-state index contributed by atoms with van der Waals surface area (Å²) in [7, 11) is -4.55. The molecule has 2 fully saturated rings. The first-order valence-electron chi connectivity index (χ1n) is 20.7. The number of ether oxygens (including phenoxy) is 2. The van der Waals surface area contributed by atoms with Crippen molar-refractivity contribution in [1.29, 1.82) is 0 Å². The zero-order chi connectivity index (χ0) is 42.7. The molecule has 14 nitrogen and oxygen atoms in total. The molecule has 320 valence electrons. The average Bonchev–Trinajstić information content (AvgIpc) is 3.72. The quantitative estimate of drug-likeness (QED) is 0.0764. The van der Waals surface area contributed by atoms with Gasteiger partial charge in [-0.3, -0.25) is 19.8 Å². The molecular weight excluding hydrogens is 818 g/mol. The number of hydrogen-bond acceptors (Lipinski definition) is 11. The maximum Gasteiger partial charge on any atom is 0.293 e. The lowest BCUT2D eigenvalue weighted by Crippen LogP contribution is -2.47. The Morgan fingerprint density at radius 1 is 1.03 bits per heavy atom. The predicted molar refractivity (Wildman–Crippen MR) is 237 cm³/mol. The fourth-order valence-corrected chi connectivity index (χ4v) is 9.61. The second-order valence-electron chi connectivity index (χ2n) is 16.9. The topological polar surface area (TPSA) is 172 Å². The van der Waals surface area contributed by atoms with Gasteiger partial charge in [0.2, 0.25) is 0 Å². The SMILES string of the molecule is CC1(C)CCC(c2ccc(Cl)cc2)=C(CN2CCN(c3ccc(C(=O)NS(=O)(=O)c4ccc(NCC5CCOCC5)c([N+](=O)[O-])c4)c(Oc4cnc5[nH]ccc5c4)c3)CC2)C1. The van der Waals surface area contributed by atoms with Gasteiger partial charge in [0.1, 0.15) is 22.8 Å². The maximum atomic E-state index is 13.9. The van der Waals surface area contributed by atoms with E-state index >= 15 is 0 Å². The van der Waals surface area contributed by atoms with Gasteiger partial charge < -0.3 is 24.7 Å². The number of carbonyl (C=O) groups excluding carboxylic acids is 1. The molecule has 2 saturated heterocycles. The number of hydrogen-bond donors (Lipinski definition) is 3. The summed E-state index contributed by atoms with van der Waals surface area (Å²) in [6, 6.07) is 20.4. The largest absolute Gasteiger partial charge is 0.455 e. The third kappa shape index (κ3) is 10.0. The summed E-state index contributed by atoms with van der Waals surface area (Å²) >= 11 is 6.23. The van der Waals surface area contributed by atoms with Crippen LogP contribution in [-0.2, 0) is 14.8 Å². The summed E-state index contributed by atoms with van der Waals surface area (Å²) < 4.78 is 41.2. The number of fused-ring (bicyclic) bond motifs is 1. The van der Waals surface area contributed by atoms with Gasteiger partial charge in [0.15, 0.2) is 0 Å². The smallest absolute Gasteiger partial charge is 0.293 e. The lowest BCUT2D eigenvalue weighted by molar-refractivity contribution is -0.384. The van der Waals surface area contributed by atoms with E-state index in [1.165, 1.54) is 35.0 Å². The highest BCUT2D eigenvalue weighted by Crippen LogP contribution is 2.43. The van der Waals surface area contributed by atoms with Gasteiger partial charge in [-0.2, -0.15) is 0 Å². The number of sulfonamides is 1. The molecule has 16 heteroatoms. The molecule has 1 amide bonds. The third-order valence-electron chi connectivity index (χ3n) is 12.0.